The number of rotatable bonds is 5. The van der Waals surface area contributed by atoms with Crippen LogP contribution in [-0.2, 0) is 0 Å². The van der Waals surface area contributed by atoms with Crippen LogP contribution in [0.15, 0.2) is 21.2 Å². The minimum Gasteiger partial charge on any atom is -0.355 e. The van der Waals surface area contributed by atoms with Crippen LogP contribution in [0.3, 0.4) is 0 Å². The van der Waals surface area contributed by atoms with Crippen molar-refractivity contribution in [2.45, 2.75) is 19.4 Å². The summed E-state index contributed by atoms with van der Waals surface area (Å²) in [5.41, 5.74) is 0. The van der Waals surface area contributed by atoms with Gasteiger partial charge in [-0.1, -0.05) is 6.92 Å². The smallest absolute Gasteiger partial charge is 0.142 e. The molecule has 2 nitrogen and oxygen atoms in total. The van der Waals surface area contributed by atoms with E-state index < -0.39 is 0 Å². The lowest BCUT2D eigenvalue weighted by molar-refractivity contribution is 0.665. The van der Waals surface area contributed by atoms with Crippen molar-refractivity contribution in [3.05, 3.63) is 21.2 Å². The van der Waals surface area contributed by atoms with E-state index in [1.807, 2.05) is 24.0 Å². The van der Waals surface area contributed by atoms with E-state index in [9.17, 15) is 0 Å². The first kappa shape index (κ1) is 14.3. The Morgan fingerprint density at radius 2 is 2.19 bits per heavy atom. The van der Waals surface area contributed by atoms with Gasteiger partial charge in [0.2, 0.25) is 0 Å². The molecule has 1 atom stereocenters. The molecule has 16 heavy (non-hydrogen) atoms. The summed E-state index contributed by atoms with van der Waals surface area (Å²) in [6, 6.07) is 2.56. The number of aromatic nitrogens is 1. The normalized spacial score (nSPS) is 12.6. The third kappa shape index (κ3) is 3.64. The fourth-order valence-corrected chi connectivity index (χ4v) is 3.65. The molecule has 90 valence electrons. The van der Waals surface area contributed by atoms with Crippen molar-refractivity contribution < 1.29 is 0 Å². The molecule has 0 amide bonds. The van der Waals surface area contributed by atoms with Crippen molar-refractivity contribution in [2.24, 2.45) is 0 Å². The van der Waals surface area contributed by atoms with E-state index in [1.165, 1.54) is 0 Å². The molecule has 0 bridgehead atoms. The van der Waals surface area contributed by atoms with Gasteiger partial charge in [-0.15, -0.1) is 0 Å². The monoisotopic (exact) mass is 366 g/mol. The second-order valence-electron chi connectivity index (χ2n) is 3.59. The van der Waals surface area contributed by atoms with Crippen LogP contribution in [0.1, 0.15) is 13.3 Å². The molecule has 0 N–H and O–H groups in total. The summed E-state index contributed by atoms with van der Waals surface area (Å²) in [6.07, 6.45) is 5.10. The second kappa shape index (κ2) is 6.87. The Labute approximate surface area is 118 Å². The van der Waals surface area contributed by atoms with Gasteiger partial charge in [0, 0.05) is 29.5 Å². The maximum atomic E-state index is 4.45. The lowest BCUT2D eigenvalue weighted by Gasteiger charge is -2.28. The highest BCUT2D eigenvalue weighted by atomic mass is 79.9. The van der Waals surface area contributed by atoms with Crippen LogP contribution in [0.2, 0.25) is 0 Å². The Kier molecular flexibility index (Phi) is 6.15. The third-order valence-corrected chi connectivity index (χ3v) is 4.24. The molecule has 0 spiro atoms. The molecule has 0 aliphatic heterocycles. The van der Waals surface area contributed by atoms with Gasteiger partial charge in [0.05, 0.1) is 4.47 Å². The molecule has 0 aliphatic rings. The van der Waals surface area contributed by atoms with Gasteiger partial charge >= 0.3 is 0 Å². The lowest BCUT2D eigenvalue weighted by Crippen LogP contribution is -2.34. The fraction of sp³-hybridized carbons (Fsp3) is 0.545. The maximum Gasteiger partial charge on any atom is 0.142 e. The number of pyridine rings is 1. The standard InChI is InChI=1S/C11H16Br2N2S/c1-4-9(7-16-3)15(2)11-10(13)5-8(12)6-14-11/h5-6,9H,4,7H2,1-3H3. The quantitative estimate of drug-likeness (QED) is 0.776. The molecule has 5 heteroatoms. The van der Waals surface area contributed by atoms with Gasteiger partial charge in [-0.3, -0.25) is 0 Å². The Balaban J connectivity index is 2.89. The van der Waals surface area contributed by atoms with Gasteiger partial charge in [0.15, 0.2) is 0 Å². The molecule has 0 saturated heterocycles. The van der Waals surface area contributed by atoms with Crippen LogP contribution < -0.4 is 4.90 Å². The lowest BCUT2D eigenvalue weighted by atomic mass is 10.2. The summed E-state index contributed by atoms with van der Waals surface area (Å²) in [4.78, 5) is 6.69. The Hall–Kier alpha value is 0.260. The van der Waals surface area contributed by atoms with Crippen LogP contribution in [-0.4, -0.2) is 30.1 Å². The predicted molar refractivity (Wildman–Crippen MR) is 80.5 cm³/mol. The van der Waals surface area contributed by atoms with Crippen LogP contribution in [0, 0.1) is 0 Å². The van der Waals surface area contributed by atoms with Crippen LogP contribution in [0.25, 0.3) is 0 Å². The molecule has 0 saturated carbocycles. The van der Waals surface area contributed by atoms with Crippen molar-refractivity contribution in [2.75, 3.05) is 24.0 Å². The van der Waals surface area contributed by atoms with E-state index >= 15 is 0 Å². The van der Waals surface area contributed by atoms with Crippen LogP contribution in [0.5, 0.6) is 0 Å². The van der Waals surface area contributed by atoms with Crippen molar-refractivity contribution in [1.82, 2.24) is 4.98 Å². The summed E-state index contributed by atoms with van der Waals surface area (Å²) < 4.78 is 2.03. The van der Waals surface area contributed by atoms with E-state index in [1.54, 1.807) is 0 Å². The highest BCUT2D eigenvalue weighted by Crippen LogP contribution is 2.28. The van der Waals surface area contributed by atoms with E-state index in [0.717, 1.165) is 26.9 Å². The molecule has 1 aromatic heterocycles. The van der Waals surface area contributed by atoms with Gasteiger partial charge < -0.3 is 4.90 Å². The van der Waals surface area contributed by atoms with Crippen LogP contribution in [0.4, 0.5) is 5.82 Å². The molecular formula is C11H16Br2N2S. The Morgan fingerprint density at radius 1 is 1.50 bits per heavy atom. The molecule has 0 radical (unpaired) electrons. The van der Waals surface area contributed by atoms with Gasteiger partial charge in [-0.2, -0.15) is 11.8 Å². The molecule has 0 aromatic carbocycles. The molecule has 0 aliphatic carbocycles. The minimum absolute atomic E-state index is 0.528. The van der Waals surface area contributed by atoms with E-state index in [2.05, 4.69) is 62.0 Å². The van der Waals surface area contributed by atoms with Crippen molar-refractivity contribution >= 4 is 49.4 Å². The van der Waals surface area contributed by atoms with Gasteiger partial charge in [0.1, 0.15) is 5.82 Å². The molecule has 0 fully saturated rings. The number of hydrogen-bond acceptors (Lipinski definition) is 3. The Bertz CT molecular complexity index is 347. The van der Waals surface area contributed by atoms with Crippen molar-refractivity contribution in [3.63, 3.8) is 0 Å². The second-order valence-corrected chi connectivity index (χ2v) is 6.27. The average Bonchev–Trinajstić information content (AvgIpc) is 2.25. The summed E-state index contributed by atoms with van der Waals surface area (Å²) in [5, 5.41) is 0. The molecule has 1 rings (SSSR count). The zero-order chi connectivity index (χ0) is 12.1. The number of anilines is 1. The maximum absolute atomic E-state index is 4.45. The van der Waals surface area contributed by atoms with Gasteiger partial charge in [0.25, 0.3) is 0 Å². The first-order valence-corrected chi connectivity index (χ1v) is 8.11. The summed E-state index contributed by atoms with van der Waals surface area (Å²) in [5.74, 6) is 2.13. The topological polar surface area (TPSA) is 16.1 Å². The highest BCUT2D eigenvalue weighted by molar-refractivity contribution is 9.11. The van der Waals surface area contributed by atoms with E-state index in [0.29, 0.717) is 6.04 Å². The zero-order valence-corrected chi connectivity index (χ0v) is 13.7. The molecule has 1 unspecified atom stereocenters. The zero-order valence-electron chi connectivity index (χ0n) is 9.70. The molecular weight excluding hydrogens is 352 g/mol. The first-order chi connectivity index (χ1) is 7.60. The van der Waals surface area contributed by atoms with Crippen molar-refractivity contribution in [3.8, 4) is 0 Å². The van der Waals surface area contributed by atoms with Gasteiger partial charge in [-0.05, 0) is 50.6 Å². The number of thioether (sulfide) groups is 1. The number of halogens is 2. The summed E-state index contributed by atoms with van der Waals surface area (Å²) in [7, 11) is 2.10. The SMILES string of the molecule is CCC(CSC)N(C)c1ncc(Br)cc1Br. The molecule has 1 aromatic rings. The summed E-state index contributed by atoms with van der Waals surface area (Å²) in [6.45, 7) is 2.21. The van der Waals surface area contributed by atoms with Gasteiger partial charge in [-0.25, -0.2) is 4.98 Å². The summed E-state index contributed by atoms with van der Waals surface area (Å²) >= 11 is 8.84. The van der Waals surface area contributed by atoms with Crippen molar-refractivity contribution in [1.29, 1.82) is 0 Å². The first-order valence-electron chi connectivity index (χ1n) is 5.13. The fourth-order valence-electron chi connectivity index (χ4n) is 1.54. The number of nitrogens with zero attached hydrogens (tertiary/aromatic N) is 2. The minimum atomic E-state index is 0.528. The molecule has 1 heterocycles. The third-order valence-electron chi connectivity index (χ3n) is 2.50. The number of hydrogen-bond donors (Lipinski definition) is 0. The largest absolute Gasteiger partial charge is 0.355 e. The average molecular weight is 368 g/mol. The van der Waals surface area contributed by atoms with E-state index in [-0.39, 0.29) is 0 Å². The predicted octanol–water partition coefficient (Wildman–Crippen LogP) is 4.18. The Morgan fingerprint density at radius 3 is 2.69 bits per heavy atom. The van der Waals surface area contributed by atoms with E-state index in [4.69, 9.17) is 0 Å². The van der Waals surface area contributed by atoms with Crippen LogP contribution >= 0.6 is 43.6 Å². The highest BCUT2D eigenvalue weighted by Gasteiger charge is 2.16.